The van der Waals surface area contributed by atoms with Gasteiger partial charge < -0.3 is 16.4 Å². The highest BCUT2D eigenvalue weighted by Gasteiger charge is 2.16. The molecule has 0 atom stereocenters. The number of hydrogen-bond acceptors (Lipinski definition) is 3. The summed E-state index contributed by atoms with van der Waals surface area (Å²) in [4.78, 5) is 22.0. The zero-order chi connectivity index (χ0) is 11.8. The molecule has 16 heavy (non-hydrogen) atoms. The SMILES string of the molecule is NC(=O)CCCNC(=O)CC1CCNCC1. The molecule has 0 bridgehead atoms. The second-order valence-corrected chi connectivity index (χ2v) is 4.32. The number of primary amides is 1. The average molecular weight is 227 g/mol. The number of carbonyl (C=O) groups excluding carboxylic acids is 2. The quantitative estimate of drug-likeness (QED) is 0.547. The minimum absolute atomic E-state index is 0.0939. The molecule has 5 nitrogen and oxygen atoms in total. The minimum atomic E-state index is -0.312. The van der Waals surface area contributed by atoms with E-state index in [1.54, 1.807) is 0 Å². The van der Waals surface area contributed by atoms with Crippen molar-refractivity contribution in [2.24, 2.45) is 11.7 Å². The van der Waals surface area contributed by atoms with Crippen LogP contribution in [0.2, 0.25) is 0 Å². The van der Waals surface area contributed by atoms with E-state index in [4.69, 9.17) is 5.73 Å². The van der Waals surface area contributed by atoms with Crippen LogP contribution in [0.25, 0.3) is 0 Å². The molecule has 92 valence electrons. The summed E-state index contributed by atoms with van der Waals surface area (Å²) in [5.41, 5.74) is 5.00. The van der Waals surface area contributed by atoms with Crippen molar-refractivity contribution in [3.8, 4) is 0 Å². The van der Waals surface area contributed by atoms with Crippen LogP contribution >= 0.6 is 0 Å². The molecule has 0 unspecified atom stereocenters. The Balaban J connectivity index is 2.03. The topological polar surface area (TPSA) is 84.2 Å². The molecule has 1 heterocycles. The van der Waals surface area contributed by atoms with Crippen molar-refractivity contribution in [3.63, 3.8) is 0 Å². The van der Waals surface area contributed by atoms with Gasteiger partial charge >= 0.3 is 0 Å². The molecule has 5 heteroatoms. The molecule has 0 aromatic rings. The van der Waals surface area contributed by atoms with Crippen molar-refractivity contribution >= 4 is 11.8 Å². The molecule has 0 saturated carbocycles. The summed E-state index contributed by atoms with van der Waals surface area (Å²) in [6.45, 7) is 2.58. The first-order valence-corrected chi connectivity index (χ1v) is 5.94. The van der Waals surface area contributed by atoms with Crippen molar-refractivity contribution in [1.82, 2.24) is 10.6 Å². The maximum Gasteiger partial charge on any atom is 0.220 e. The van der Waals surface area contributed by atoms with Gasteiger partial charge in [0.15, 0.2) is 0 Å². The van der Waals surface area contributed by atoms with E-state index in [1.807, 2.05) is 0 Å². The Morgan fingerprint density at radius 1 is 1.31 bits per heavy atom. The molecule has 1 fully saturated rings. The van der Waals surface area contributed by atoms with Crippen molar-refractivity contribution in [2.45, 2.75) is 32.1 Å². The molecule has 0 aliphatic carbocycles. The summed E-state index contributed by atoms with van der Waals surface area (Å²) in [5.74, 6) is 0.293. The largest absolute Gasteiger partial charge is 0.370 e. The van der Waals surface area contributed by atoms with Gasteiger partial charge in [-0.2, -0.15) is 0 Å². The Hall–Kier alpha value is -1.10. The van der Waals surface area contributed by atoms with Gasteiger partial charge in [-0.05, 0) is 38.3 Å². The number of hydrogen-bond donors (Lipinski definition) is 3. The number of amides is 2. The van der Waals surface area contributed by atoms with Crippen molar-refractivity contribution in [3.05, 3.63) is 0 Å². The first-order valence-electron chi connectivity index (χ1n) is 5.94. The maximum absolute atomic E-state index is 11.5. The fourth-order valence-corrected chi connectivity index (χ4v) is 1.91. The molecule has 0 radical (unpaired) electrons. The predicted molar refractivity (Wildman–Crippen MR) is 61.6 cm³/mol. The first-order chi connectivity index (χ1) is 7.68. The second kappa shape index (κ2) is 7.22. The monoisotopic (exact) mass is 227 g/mol. The van der Waals surface area contributed by atoms with Crippen LogP contribution in [-0.4, -0.2) is 31.4 Å². The number of nitrogens with one attached hydrogen (secondary N) is 2. The van der Waals surface area contributed by atoms with Crippen LogP contribution in [-0.2, 0) is 9.59 Å². The molecule has 1 rings (SSSR count). The molecular weight excluding hydrogens is 206 g/mol. The van der Waals surface area contributed by atoms with Gasteiger partial charge in [0.25, 0.3) is 0 Å². The van der Waals surface area contributed by atoms with Gasteiger partial charge in [-0.25, -0.2) is 0 Å². The van der Waals surface area contributed by atoms with Crippen LogP contribution in [0.5, 0.6) is 0 Å². The van der Waals surface area contributed by atoms with E-state index in [9.17, 15) is 9.59 Å². The van der Waals surface area contributed by atoms with E-state index < -0.39 is 0 Å². The standard InChI is InChI=1S/C11H21N3O2/c12-10(15)2-1-5-14-11(16)8-9-3-6-13-7-4-9/h9,13H,1-8H2,(H2,12,15)(H,14,16). The van der Waals surface area contributed by atoms with Gasteiger partial charge in [0.1, 0.15) is 0 Å². The fourth-order valence-electron chi connectivity index (χ4n) is 1.91. The van der Waals surface area contributed by atoms with Gasteiger partial charge in [0.2, 0.25) is 11.8 Å². The number of carbonyl (C=O) groups is 2. The highest BCUT2D eigenvalue weighted by Crippen LogP contribution is 2.15. The fraction of sp³-hybridized carbons (Fsp3) is 0.818. The summed E-state index contributed by atoms with van der Waals surface area (Å²) < 4.78 is 0. The summed E-state index contributed by atoms with van der Waals surface area (Å²) in [6, 6.07) is 0. The van der Waals surface area contributed by atoms with E-state index in [1.165, 1.54) is 0 Å². The molecule has 1 aliphatic heterocycles. The van der Waals surface area contributed by atoms with Crippen LogP contribution in [0.15, 0.2) is 0 Å². The zero-order valence-electron chi connectivity index (χ0n) is 9.63. The smallest absolute Gasteiger partial charge is 0.220 e. The lowest BCUT2D eigenvalue weighted by molar-refractivity contribution is -0.122. The van der Waals surface area contributed by atoms with E-state index in [-0.39, 0.29) is 11.8 Å². The Morgan fingerprint density at radius 2 is 2.00 bits per heavy atom. The normalized spacial score (nSPS) is 17.0. The zero-order valence-corrected chi connectivity index (χ0v) is 9.63. The van der Waals surface area contributed by atoms with E-state index in [2.05, 4.69) is 10.6 Å². The van der Waals surface area contributed by atoms with Crippen molar-refractivity contribution in [1.29, 1.82) is 0 Å². The molecule has 4 N–H and O–H groups in total. The third kappa shape index (κ3) is 5.70. The predicted octanol–water partition coefficient (Wildman–Crippen LogP) is -0.242. The first kappa shape index (κ1) is 13.0. The minimum Gasteiger partial charge on any atom is -0.370 e. The van der Waals surface area contributed by atoms with Crippen LogP contribution in [0.3, 0.4) is 0 Å². The van der Waals surface area contributed by atoms with Crippen LogP contribution in [0.1, 0.15) is 32.1 Å². The van der Waals surface area contributed by atoms with Gasteiger partial charge in [-0.15, -0.1) is 0 Å². The summed E-state index contributed by atoms with van der Waals surface area (Å²) in [7, 11) is 0. The third-order valence-electron chi connectivity index (χ3n) is 2.85. The van der Waals surface area contributed by atoms with E-state index >= 15 is 0 Å². The summed E-state index contributed by atoms with van der Waals surface area (Å²) in [6.07, 6.45) is 3.74. The number of nitrogens with two attached hydrogens (primary N) is 1. The van der Waals surface area contributed by atoms with Crippen LogP contribution in [0.4, 0.5) is 0 Å². The number of rotatable bonds is 6. The van der Waals surface area contributed by atoms with Gasteiger partial charge in [0, 0.05) is 19.4 Å². The average Bonchev–Trinajstić information content (AvgIpc) is 2.25. The Bertz CT molecular complexity index is 237. The molecular formula is C11H21N3O2. The van der Waals surface area contributed by atoms with Gasteiger partial charge in [-0.3, -0.25) is 9.59 Å². The maximum atomic E-state index is 11.5. The lowest BCUT2D eigenvalue weighted by Crippen LogP contribution is -2.32. The van der Waals surface area contributed by atoms with Crippen molar-refractivity contribution in [2.75, 3.05) is 19.6 Å². The van der Waals surface area contributed by atoms with E-state index in [0.29, 0.717) is 31.7 Å². The highest BCUT2D eigenvalue weighted by atomic mass is 16.2. The summed E-state index contributed by atoms with van der Waals surface area (Å²) >= 11 is 0. The third-order valence-corrected chi connectivity index (χ3v) is 2.85. The van der Waals surface area contributed by atoms with E-state index in [0.717, 1.165) is 25.9 Å². The lowest BCUT2D eigenvalue weighted by atomic mass is 9.94. The van der Waals surface area contributed by atoms with Crippen molar-refractivity contribution < 1.29 is 9.59 Å². The van der Waals surface area contributed by atoms with Crippen LogP contribution in [0, 0.1) is 5.92 Å². The van der Waals surface area contributed by atoms with Gasteiger partial charge in [0.05, 0.1) is 0 Å². The summed E-state index contributed by atoms with van der Waals surface area (Å²) in [5, 5.41) is 6.09. The second-order valence-electron chi connectivity index (χ2n) is 4.32. The number of piperidine rings is 1. The van der Waals surface area contributed by atoms with Gasteiger partial charge in [-0.1, -0.05) is 0 Å². The lowest BCUT2D eigenvalue weighted by Gasteiger charge is -2.21. The molecule has 0 aromatic carbocycles. The highest BCUT2D eigenvalue weighted by molar-refractivity contribution is 5.76. The molecule has 0 aromatic heterocycles. The Kier molecular flexibility index (Phi) is 5.85. The molecule has 0 spiro atoms. The molecule has 1 aliphatic rings. The molecule has 2 amide bonds. The van der Waals surface area contributed by atoms with Crippen LogP contribution < -0.4 is 16.4 Å². The Labute approximate surface area is 96.1 Å². The Morgan fingerprint density at radius 3 is 2.62 bits per heavy atom. The molecule has 1 saturated heterocycles.